The Balaban J connectivity index is 1.17. The Hall–Kier alpha value is -5.62. The summed E-state index contributed by atoms with van der Waals surface area (Å²) in [5.41, 5.74) is 1.77. The molecule has 6 atom stereocenters. The number of nitrogens with zero attached hydrogens (tertiary/aromatic N) is 4. The number of fused-ring (bicyclic) bond motifs is 1. The zero-order valence-corrected chi connectivity index (χ0v) is 32.6. The van der Waals surface area contributed by atoms with E-state index in [2.05, 4.69) is 20.9 Å². The van der Waals surface area contributed by atoms with E-state index in [9.17, 15) is 39.0 Å². The molecule has 0 bridgehead atoms. The van der Waals surface area contributed by atoms with E-state index in [1.54, 1.807) is 89.2 Å². The molecule has 3 fully saturated rings. The van der Waals surface area contributed by atoms with Crippen LogP contribution in [0.15, 0.2) is 69.7 Å². The number of aromatic nitrogens is 2. The summed E-state index contributed by atoms with van der Waals surface area (Å²) in [6.45, 7) is 9.67. The van der Waals surface area contributed by atoms with Gasteiger partial charge in [-0.3, -0.25) is 19.2 Å². The van der Waals surface area contributed by atoms with Gasteiger partial charge in [0.25, 0.3) is 11.8 Å². The number of carbonyl (C=O) groups is 6. The van der Waals surface area contributed by atoms with Gasteiger partial charge in [-0.05, 0) is 41.5 Å². The summed E-state index contributed by atoms with van der Waals surface area (Å²) in [6, 6.07) is 11.9. The molecule has 18 heteroatoms. The number of hydrogen-bond acceptors (Lipinski definition) is 12. The van der Waals surface area contributed by atoms with Crippen LogP contribution < -0.4 is 10.6 Å². The van der Waals surface area contributed by atoms with Gasteiger partial charge in [-0.25, -0.2) is 9.59 Å². The van der Waals surface area contributed by atoms with E-state index >= 15 is 0 Å². The first-order chi connectivity index (χ1) is 26.4. The number of carboxylic acids is 2. The SMILES string of the molecule is Cc1onc(-c2ccccc2)c1C(=O)NC(C(=O)O)C1SC(C)(C)[C@H](C(=O)O)N1C(=O)[C@@H]1N2C(=O)[C@@H](NC(=O)c3c(-c4ccccc4)noc3C)C2SC1(C)C. The standard InChI is InChI=1S/C38H38N6O10S2/c1-17-21(23(41-53-17)19-13-9-7-10-14-19)29(45)39-25-31(47)43-27(37(3,4)55-33(25)43)32(48)44-28(36(51)52)38(5,6)56-34(44)26(35(49)50)40-30(46)22-18(2)54-42-24(22)20-15-11-8-12-16-20/h7-16,25-28,33-34H,1-6H3,(H,39,45)(H,40,46)(H,49,50)(H,51,52)/t25-,26?,27+,28+,33?,34?/m1/s1. The zero-order chi connectivity index (χ0) is 40.4. The van der Waals surface area contributed by atoms with Gasteiger partial charge in [0, 0.05) is 20.6 Å². The smallest absolute Gasteiger partial charge is 0.329 e. The van der Waals surface area contributed by atoms with Crippen LogP contribution in [-0.2, 0) is 19.2 Å². The van der Waals surface area contributed by atoms with Crippen molar-refractivity contribution in [1.29, 1.82) is 0 Å². The van der Waals surface area contributed by atoms with Crippen LogP contribution >= 0.6 is 23.5 Å². The lowest BCUT2D eigenvalue weighted by molar-refractivity contribution is -0.162. The molecule has 4 N–H and O–H groups in total. The summed E-state index contributed by atoms with van der Waals surface area (Å²) in [7, 11) is 0. The number of nitrogens with one attached hydrogen (secondary N) is 2. The number of β-lactam (4-membered cyclic amide) rings is 1. The Morgan fingerprint density at radius 2 is 1.27 bits per heavy atom. The van der Waals surface area contributed by atoms with Gasteiger partial charge < -0.3 is 39.7 Å². The predicted octanol–water partition coefficient (Wildman–Crippen LogP) is 3.79. The Morgan fingerprint density at radius 3 is 1.77 bits per heavy atom. The Morgan fingerprint density at radius 1 is 0.768 bits per heavy atom. The first-order valence-electron chi connectivity index (χ1n) is 17.5. The van der Waals surface area contributed by atoms with Crippen molar-refractivity contribution >= 4 is 59.1 Å². The third-order valence-electron chi connectivity index (χ3n) is 10.2. The van der Waals surface area contributed by atoms with Crippen molar-refractivity contribution in [3.63, 3.8) is 0 Å². The largest absolute Gasteiger partial charge is 0.480 e. The van der Waals surface area contributed by atoms with Crippen LogP contribution in [0.5, 0.6) is 0 Å². The second kappa shape index (κ2) is 14.1. The monoisotopic (exact) mass is 802 g/mol. The van der Waals surface area contributed by atoms with Crippen LogP contribution in [0.25, 0.3) is 22.5 Å². The highest BCUT2D eigenvalue weighted by molar-refractivity contribution is 8.02. The summed E-state index contributed by atoms with van der Waals surface area (Å²) < 4.78 is 8.38. The summed E-state index contributed by atoms with van der Waals surface area (Å²) in [5.74, 6) is -5.41. The fourth-order valence-electron chi connectivity index (χ4n) is 7.65. The number of hydrogen-bond donors (Lipinski definition) is 4. The van der Waals surface area contributed by atoms with Gasteiger partial charge in [-0.2, -0.15) is 0 Å². The van der Waals surface area contributed by atoms with E-state index in [0.717, 1.165) is 16.7 Å². The topological polar surface area (TPSA) is 225 Å². The number of amides is 4. The zero-order valence-electron chi connectivity index (χ0n) is 31.0. The number of carboxylic acid groups (broad SMARTS) is 2. The lowest BCUT2D eigenvalue weighted by Gasteiger charge is -2.46. The maximum atomic E-state index is 14.9. The van der Waals surface area contributed by atoms with Gasteiger partial charge >= 0.3 is 11.9 Å². The molecule has 3 saturated heterocycles. The molecule has 0 saturated carbocycles. The molecule has 2 aromatic heterocycles. The predicted molar refractivity (Wildman–Crippen MR) is 203 cm³/mol. The number of thioether (sulfide) groups is 2. The number of benzene rings is 2. The van der Waals surface area contributed by atoms with Crippen LogP contribution in [0.4, 0.5) is 0 Å². The van der Waals surface area contributed by atoms with Gasteiger partial charge in [-0.1, -0.05) is 71.0 Å². The number of carbonyl (C=O) groups excluding carboxylic acids is 4. The summed E-state index contributed by atoms with van der Waals surface area (Å²) in [6.07, 6.45) is 0. The molecule has 7 rings (SSSR count). The van der Waals surface area contributed by atoms with E-state index in [4.69, 9.17) is 9.05 Å². The van der Waals surface area contributed by atoms with Crippen LogP contribution in [-0.4, -0.2) is 110 Å². The molecule has 16 nitrogen and oxygen atoms in total. The summed E-state index contributed by atoms with van der Waals surface area (Å²) in [5, 5.41) is 32.3. The molecule has 0 radical (unpaired) electrons. The summed E-state index contributed by atoms with van der Waals surface area (Å²) in [4.78, 5) is 84.7. The van der Waals surface area contributed by atoms with Crippen LogP contribution in [0.2, 0.25) is 0 Å². The van der Waals surface area contributed by atoms with Crippen molar-refractivity contribution in [3.8, 4) is 22.5 Å². The van der Waals surface area contributed by atoms with Gasteiger partial charge in [0.15, 0.2) is 6.04 Å². The molecular weight excluding hydrogens is 765 g/mol. The quantitative estimate of drug-likeness (QED) is 0.168. The number of rotatable bonds is 10. The van der Waals surface area contributed by atoms with Crippen molar-refractivity contribution in [2.75, 3.05) is 0 Å². The normalized spacial score (nSPS) is 23.9. The van der Waals surface area contributed by atoms with Gasteiger partial charge in [-0.15, -0.1) is 23.5 Å². The fraction of sp³-hybridized carbons (Fsp3) is 0.368. The van der Waals surface area contributed by atoms with Gasteiger partial charge in [0.1, 0.15) is 62.9 Å². The molecule has 3 aliphatic rings. The average molecular weight is 803 g/mol. The molecule has 3 unspecified atom stereocenters. The Kier molecular flexibility index (Phi) is 9.76. The van der Waals surface area contributed by atoms with E-state index < -0.39 is 80.0 Å². The van der Waals surface area contributed by atoms with Crippen molar-refractivity contribution in [1.82, 2.24) is 30.7 Å². The van der Waals surface area contributed by atoms with Crippen molar-refractivity contribution in [2.45, 2.75) is 86.0 Å². The lowest BCUT2D eigenvalue weighted by atomic mass is 9.92. The molecular formula is C38H38N6O10S2. The fourth-order valence-corrected chi connectivity index (χ4v) is 10.9. The van der Waals surface area contributed by atoms with Gasteiger partial charge in [0.2, 0.25) is 11.8 Å². The number of aliphatic carboxylic acids is 2. The third-order valence-corrected chi connectivity index (χ3v) is 13.3. The highest BCUT2D eigenvalue weighted by atomic mass is 32.2. The van der Waals surface area contributed by atoms with E-state index in [1.165, 1.54) is 23.6 Å². The van der Waals surface area contributed by atoms with E-state index in [-0.39, 0.29) is 28.3 Å². The maximum absolute atomic E-state index is 14.9. The first-order valence-corrected chi connectivity index (χ1v) is 19.3. The molecule has 0 spiro atoms. The number of aryl methyl sites for hydroxylation is 2. The minimum atomic E-state index is -1.81. The van der Waals surface area contributed by atoms with Crippen molar-refractivity contribution in [3.05, 3.63) is 83.3 Å². The molecule has 292 valence electrons. The summed E-state index contributed by atoms with van der Waals surface area (Å²) >= 11 is 2.17. The first kappa shape index (κ1) is 38.6. The molecule has 4 amide bonds. The average Bonchev–Trinajstić information content (AvgIpc) is 3.88. The van der Waals surface area contributed by atoms with Crippen molar-refractivity contribution in [2.24, 2.45) is 0 Å². The molecule has 2 aromatic carbocycles. The molecule has 5 heterocycles. The second-order valence-corrected chi connectivity index (χ2v) is 18.3. The van der Waals surface area contributed by atoms with Crippen molar-refractivity contribution < 1.29 is 48.0 Å². The van der Waals surface area contributed by atoms with E-state index in [0.29, 0.717) is 16.8 Å². The minimum Gasteiger partial charge on any atom is -0.480 e. The van der Waals surface area contributed by atoms with Crippen LogP contribution in [0.3, 0.4) is 0 Å². The Labute approximate surface area is 328 Å². The highest BCUT2D eigenvalue weighted by Gasteiger charge is 2.67. The van der Waals surface area contributed by atoms with Crippen LogP contribution in [0, 0.1) is 13.8 Å². The molecule has 3 aliphatic heterocycles. The van der Waals surface area contributed by atoms with E-state index in [1.807, 2.05) is 6.07 Å². The van der Waals surface area contributed by atoms with Gasteiger partial charge in [0.05, 0.1) is 0 Å². The lowest BCUT2D eigenvalue weighted by Crippen LogP contribution is -2.72. The molecule has 4 aromatic rings. The van der Waals surface area contributed by atoms with Crippen LogP contribution in [0.1, 0.15) is 59.9 Å². The molecule has 0 aliphatic carbocycles. The highest BCUT2D eigenvalue weighted by Crippen LogP contribution is 2.54. The second-order valence-electron chi connectivity index (χ2n) is 14.8. The maximum Gasteiger partial charge on any atom is 0.329 e. The Bertz CT molecular complexity index is 2260. The minimum absolute atomic E-state index is 0.0231. The molecule has 56 heavy (non-hydrogen) atoms. The third kappa shape index (κ3) is 6.39.